The molecule has 18 heavy (non-hydrogen) atoms. The van der Waals surface area contributed by atoms with Gasteiger partial charge in [-0.3, -0.25) is 0 Å². The first-order chi connectivity index (χ1) is 8.62. The van der Waals surface area contributed by atoms with E-state index in [1.807, 2.05) is 0 Å². The Hall–Kier alpha value is -0.120. The predicted octanol–water partition coefficient (Wildman–Crippen LogP) is 2.24. The third-order valence-electron chi connectivity index (χ3n) is 4.57. The van der Waals surface area contributed by atoms with Crippen LogP contribution < -0.4 is 5.73 Å². The second-order valence-electron chi connectivity index (χ2n) is 6.41. The van der Waals surface area contributed by atoms with Crippen LogP contribution in [0.5, 0.6) is 0 Å². The van der Waals surface area contributed by atoms with Crippen LogP contribution >= 0.6 is 0 Å². The molecule has 0 aromatic carbocycles. The van der Waals surface area contributed by atoms with Crippen LogP contribution in [0.15, 0.2) is 0 Å². The van der Waals surface area contributed by atoms with Gasteiger partial charge in [0.25, 0.3) is 0 Å². The lowest BCUT2D eigenvalue weighted by atomic mass is 9.70. The van der Waals surface area contributed by atoms with Crippen molar-refractivity contribution in [3.8, 4) is 0 Å². The highest BCUT2D eigenvalue weighted by atomic mass is 16.2. The molecule has 108 valence electrons. The second-order valence-corrected chi connectivity index (χ2v) is 6.41. The largest absolute Gasteiger partial charge is 0.396 e. The van der Waals surface area contributed by atoms with Gasteiger partial charge >= 0.3 is 0 Å². The molecular formula is C15H32N2O. The highest BCUT2D eigenvalue weighted by Crippen LogP contribution is 2.38. The van der Waals surface area contributed by atoms with E-state index in [4.69, 9.17) is 10.8 Å². The lowest BCUT2D eigenvalue weighted by Gasteiger charge is -2.41. The summed E-state index contributed by atoms with van der Waals surface area (Å²) < 4.78 is 0. The highest BCUT2D eigenvalue weighted by molar-refractivity contribution is 4.87. The van der Waals surface area contributed by atoms with Gasteiger partial charge in [-0.2, -0.15) is 0 Å². The number of hydrogen-bond acceptors (Lipinski definition) is 3. The van der Waals surface area contributed by atoms with E-state index in [0.29, 0.717) is 12.0 Å². The molecule has 0 atom stereocenters. The van der Waals surface area contributed by atoms with Crippen molar-refractivity contribution >= 4 is 0 Å². The van der Waals surface area contributed by atoms with Crippen molar-refractivity contribution in [3.05, 3.63) is 0 Å². The van der Waals surface area contributed by atoms with Gasteiger partial charge in [0, 0.05) is 13.2 Å². The summed E-state index contributed by atoms with van der Waals surface area (Å²) in [5.41, 5.74) is 6.42. The average molecular weight is 256 g/mol. The summed E-state index contributed by atoms with van der Waals surface area (Å²) in [6.45, 7) is 5.81. The van der Waals surface area contributed by atoms with Crippen molar-refractivity contribution in [2.24, 2.45) is 17.1 Å². The Kier molecular flexibility index (Phi) is 7.20. The molecule has 0 heterocycles. The molecule has 1 fully saturated rings. The molecule has 1 saturated carbocycles. The summed E-state index contributed by atoms with van der Waals surface area (Å²) in [5, 5.41) is 8.77. The molecule has 0 aromatic heterocycles. The van der Waals surface area contributed by atoms with Crippen LogP contribution in [0.2, 0.25) is 0 Å². The number of rotatable bonds is 8. The van der Waals surface area contributed by atoms with Gasteiger partial charge in [-0.15, -0.1) is 0 Å². The monoisotopic (exact) mass is 256 g/mol. The van der Waals surface area contributed by atoms with Crippen LogP contribution in [0, 0.1) is 11.3 Å². The van der Waals surface area contributed by atoms with Crippen LogP contribution in [0.4, 0.5) is 0 Å². The van der Waals surface area contributed by atoms with Crippen LogP contribution in [0.1, 0.15) is 51.9 Å². The molecule has 1 aliphatic carbocycles. The minimum Gasteiger partial charge on any atom is -0.396 e. The van der Waals surface area contributed by atoms with Gasteiger partial charge in [0.2, 0.25) is 0 Å². The molecule has 1 aliphatic rings. The molecule has 0 amide bonds. The van der Waals surface area contributed by atoms with E-state index in [1.165, 1.54) is 32.1 Å². The normalized spacial score (nSPS) is 28.8. The van der Waals surface area contributed by atoms with Crippen molar-refractivity contribution in [2.75, 3.05) is 33.3 Å². The summed E-state index contributed by atoms with van der Waals surface area (Å²) >= 11 is 0. The Morgan fingerprint density at radius 3 is 2.44 bits per heavy atom. The van der Waals surface area contributed by atoms with Gasteiger partial charge in [-0.05, 0) is 63.6 Å². The third-order valence-corrected chi connectivity index (χ3v) is 4.57. The summed E-state index contributed by atoms with van der Waals surface area (Å²) in [4.78, 5) is 2.44. The van der Waals surface area contributed by atoms with Crippen molar-refractivity contribution < 1.29 is 5.11 Å². The molecule has 1 rings (SSSR count). The van der Waals surface area contributed by atoms with Crippen molar-refractivity contribution in [1.29, 1.82) is 0 Å². The summed E-state index contributed by atoms with van der Waals surface area (Å²) in [7, 11) is 2.22. The predicted molar refractivity (Wildman–Crippen MR) is 77.6 cm³/mol. The minimum atomic E-state index is 0.328. The van der Waals surface area contributed by atoms with E-state index in [-0.39, 0.29) is 0 Å². The second kappa shape index (κ2) is 8.13. The molecule has 0 aromatic rings. The smallest absolute Gasteiger partial charge is 0.0431 e. The van der Waals surface area contributed by atoms with E-state index < -0.39 is 0 Å². The zero-order valence-electron chi connectivity index (χ0n) is 12.3. The fourth-order valence-electron chi connectivity index (χ4n) is 3.12. The first-order valence-corrected chi connectivity index (χ1v) is 7.61. The number of nitrogens with two attached hydrogens (primary N) is 1. The first-order valence-electron chi connectivity index (χ1n) is 7.61. The molecule has 3 heteroatoms. The fourth-order valence-corrected chi connectivity index (χ4v) is 3.12. The maximum absolute atomic E-state index is 8.77. The Bertz CT molecular complexity index is 213. The molecule has 3 nitrogen and oxygen atoms in total. The van der Waals surface area contributed by atoms with Gasteiger partial charge < -0.3 is 15.7 Å². The summed E-state index contributed by atoms with van der Waals surface area (Å²) in [6.07, 6.45) is 8.54. The van der Waals surface area contributed by atoms with Crippen LogP contribution in [-0.4, -0.2) is 43.3 Å². The number of aliphatic hydroxyl groups excluding tert-OH is 1. The average Bonchev–Trinajstić information content (AvgIpc) is 2.38. The Balaban J connectivity index is 2.28. The summed E-state index contributed by atoms with van der Waals surface area (Å²) in [6, 6.07) is 0. The van der Waals surface area contributed by atoms with Gasteiger partial charge in [-0.1, -0.05) is 19.8 Å². The van der Waals surface area contributed by atoms with Crippen LogP contribution in [-0.2, 0) is 0 Å². The number of nitrogens with zero attached hydrogens (tertiary/aromatic N) is 1. The first kappa shape index (κ1) is 15.9. The quantitative estimate of drug-likeness (QED) is 0.655. The molecular weight excluding hydrogens is 224 g/mol. The SMILES string of the molecule is CC1CCC(CN)(CN(C)CCCCCO)CC1. The lowest BCUT2D eigenvalue weighted by molar-refractivity contribution is 0.107. The van der Waals surface area contributed by atoms with Gasteiger partial charge in [0.05, 0.1) is 0 Å². The van der Waals surface area contributed by atoms with Gasteiger partial charge in [0.1, 0.15) is 0 Å². The maximum atomic E-state index is 8.77. The van der Waals surface area contributed by atoms with E-state index >= 15 is 0 Å². The van der Waals surface area contributed by atoms with Crippen molar-refractivity contribution in [1.82, 2.24) is 4.90 Å². The van der Waals surface area contributed by atoms with Crippen molar-refractivity contribution in [2.45, 2.75) is 51.9 Å². The topological polar surface area (TPSA) is 49.5 Å². The zero-order chi connectivity index (χ0) is 13.4. The summed E-state index contributed by atoms with van der Waals surface area (Å²) in [5.74, 6) is 0.888. The Morgan fingerprint density at radius 1 is 1.22 bits per heavy atom. The molecule has 3 N–H and O–H groups in total. The van der Waals surface area contributed by atoms with E-state index in [9.17, 15) is 0 Å². The standard InChI is InChI=1S/C15H32N2O/c1-14-6-8-15(12-16,9-7-14)13-17(2)10-4-3-5-11-18/h14,18H,3-13,16H2,1-2H3. The molecule has 0 bridgehead atoms. The molecule has 0 unspecified atom stereocenters. The van der Waals surface area contributed by atoms with Crippen molar-refractivity contribution in [3.63, 3.8) is 0 Å². The molecule has 0 saturated heterocycles. The molecule has 0 spiro atoms. The number of unbranched alkanes of at least 4 members (excludes halogenated alkanes) is 2. The number of hydrogen-bond donors (Lipinski definition) is 2. The number of aliphatic hydroxyl groups is 1. The van der Waals surface area contributed by atoms with Gasteiger partial charge in [-0.25, -0.2) is 0 Å². The minimum absolute atomic E-state index is 0.328. The fraction of sp³-hybridized carbons (Fsp3) is 1.00. The van der Waals surface area contributed by atoms with Crippen LogP contribution in [0.25, 0.3) is 0 Å². The third kappa shape index (κ3) is 5.25. The zero-order valence-corrected chi connectivity index (χ0v) is 12.3. The maximum Gasteiger partial charge on any atom is 0.0431 e. The van der Waals surface area contributed by atoms with E-state index in [0.717, 1.165) is 38.4 Å². The van der Waals surface area contributed by atoms with E-state index in [2.05, 4.69) is 18.9 Å². The van der Waals surface area contributed by atoms with Crippen LogP contribution in [0.3, 0.4) is 0 Å². The highest BCUT2D eigenvalue weighted by Gasteiger charge is 2.33. The van der Waals surface area contributed by atoms with E-state index in [1.54, 1.807) is 0 Å². The Morgan fingerprint density at radius 2 is 1.89 bits per heavy atom. The molecule has 0 aliphatic heterocycles. The molecule has 0 radical (unpaired) electrons. The Labute approximate surface area is 113 Å². The van der Waals surface area contributed by atoms with Gasteiger partial charge in [0.15, 0.2) is 0 Å². The lowest BCUT2D eigenvalue weighted by Crippen LogP contribution is -2.43.